The molecule has 0 saturated carbocycles. The summed E-state index contributed by atoms with van der Waals surface area (Å²) in [6.45, 7) is 8.30. The molecular formula is C20H31N5O. The smallest absolute Gasteiger partial charge is 0.191 e. The van der Waals surface area contributed by atoms with Crippen LogP contribution in [0.2, 0.25) is 0 Å². The van der Waals surface area contributed by atoms with Gasteiger partial charge in [0.1, 0.15) is 0 Å². The van der Waals surface area contributed by atoms with Gasteiger partial charge in [-0.05, 0) is 38.3 Å². The van der Waals surface area contributed by atoms with Gasteiger partial charge < -0.3 is 15.4 Å². The highest BCUT2D eigenvalue weighted by molar-refractivity contribution is 5.79. The maximum Gasteiger partial charge on any atom is 0.191 e. The molecule has 0 fully saturated rings. The van der Waals surface area contributed by atoms with Crippen LogP contribution in [0.15, 0.2) is 35.3 Å². The van der Waals surface area contributed by atoms with Gasteiger partial charge in [-0.25, -0.2) is 0 Å². The van der Waals surface area contributed by atoms with E-state index in [4.69, 9.17) is 4.74 Å². The first kappa shape index (κ1) is 20.0. The summed E-state index contributed by atoms with van der Waals surface area (Å²) >= 11 is 0. The lowest BCUT2D eigenvalue weighted by Gasteiger charge is -2.18. The van der Waals surface area contributed by atoms with E-state index in [1.165, 1.54) is 16.8 Å². The number of rotatable bonds is 8. The first-order chi connectivity index (χ1) is 12.5. The molecule has 1 aromatic heterocycles. The monoisotopic (exact) mass is 357 g/mol. The molecule has 0 bridgehead atoms. The van der Waals surface area contributed by atoms with E-state index in [9.17, 15) is 0 Å². The van der Waals surface area contributed by atoms with Gasteiger partial charge in [0, 0.05) is 32.4 Å². The fourth-order valence-corrected chi connectivity index (χ4v) is 2.90. The molecule has 1 unspecified atom stereocenters. The number of benzene rings is 1. The van der Waals surface area contributed by atoms with Gasteiger partial charge in [0.25, 0.3) is 0 Å². The van der Waals surface area contributed by atoms with Crippen molar-refractivity contribution < 1.29 is 4.74 Å². The van der Waals surface area contributed by atoms with Crippen molar-refractivity contribution in [1.82, 2.24) is 20.4 Å². The number of aromatic nitrogens is 2. The Morgan fingerprint density at radius 1 is 1.27 bits per heavy atom. The molecule has 6 heteroatoms. The number of hydrogen-bond donors (Lipinski definition) is 2. The molecular weight excluding hydrogens is 326 g/mol. The zero-order valence-corrected chi connectivity index (χ0v) is 16.5. The molecule has 0 saturated heterocycles. The topological polar surface area (TPSA) is 63.5 Å². The molecule has 6 nitrogen and oxygen atoms in total. The number of nitrogens with zero attached hydrogens (tertiary/aromatic N) is 3. The van der Waals surface area contributed by atoms with Crippen LogP contribution >= 0.6 is 0 Å². The average Bonchev–Trinajstić information content (AvgIpc) is 2.87. The van der Waals surface area contributed by atoms with Crippen LogP contribution in [-0.2, 0) is 24.8 Å². The fraction of sp³-hybridized carbons (Fsp3) is 0.500. The van der Waals surface area contributed by atoms with E-state index >= 15 is 0 Å². The maximum atomic E-state index is 5.69. The predicted octanol–water partition coefficient (Wildman–Crippen LogP) is 2.35. The van der Waals surface area contributed by atoms with Crippen molar-refractivity contribution in [3.8, 4) is 0 Å². The Bertz CT molecular complexity index is 708. The van der Waals surface area contributed by atoms with Crippen molar-refractivity contribution in [2.75, 3.05) is 20.2 Å². The van der Waals surface area contributed by atoms with E-state index in [0.717, 1.165) is 18.1 Å². The number of ether oxygens (including phenoxy) is 1. The molecule has 0 amide bonds. The number of aryl methyl sites for hydroxylation is 2. The molecule has 0 aliphatic rings. The largest absolute Gasteiger partial charge is 0.375 e. The molecule has 1 atom stereocenters. The predicted molar refractivity (Wildman–Crippen MR) is 106 cm³/mol. The number of hydrogen-bond acceptors (Lipinski definition) is 3. The minimum Gasteiger partial charge on any atom is -0.375 e. The lowest BCUT2D eigenvalue weighted by Crippen LogP contribution is -2.44. The molecule has 2 aromatic rings. The van der Waals surface area contributed by atoms with E-state index < -0.39 is 0 Å². The Hall–Kier alpha value is -2.34. The molecule has 2 rings (SSSR count). The quantitative estimate of drug-likeness (QED) is 0.432. The van der Waals surface area contributed by atoms with Crippen molar-refractivity contribution in [2.45, 2.75) is 39.8 Å². The van der Waals surface area contributed by atoms with E-state index in [1.54, 1.807) is 7.05 Å². The SMILES string of the molecule is CN=C(NCCOCc1ccccc1)NC(C)Cc1c(C)nn(C)c1C. The van der Waals surface area contributed by atoms with Crippen LogP contribution in [0.4, 0.5) is 0 Å². The first-order valence-corrected chi connectivity index (χ1v) is 9.09. The van der Waals surface area contributed by atoms with Crippen molar-refractivity contribution in [2.24, 2.45) is 12.0 Å². The molecule has 0 radical (unpaired) electrons. The van der Waals surface area contributed by atoms with Crippen LogP contribution in [0.25, 0.3) is 0 Å². The summed E-state index contributed by atoms with van der Waals surface area (Å²) < 4.78 is 7.63. The summed E-state index contributed by atoms with van der Waals surface area (Å²) in [4.78, 5) is 4.29. The van der Waals surface area contributed by atoms with Crippen LogP contribution in [0.3, 0.4) is 0 Å². The third-order valence-electron chi connectivity index (χ3n) is 4.43. The molecule has 1 heterocycles. The summed E-state index contributed by atoms with van der Waals surface area (Å²) in [5.74, 6) is 0.792. The average molecular weight is 358 g/mol. The molecule has 0 aliphatic carbocycles. The minimum atomic E-state index is 0.257. The Morgan fingerprint density at radius 2 is 2.00 bits per heavy atom. The number of aliphatic imine (C=N–C) groups is 1. The highest BCUT2D eigenvalue weighted by atomic mass is 16.5. The minimum absolute atomic E-state index is 0.257. The standard InChI is InChI=1S/C20H31N5O/c1-15(13-19-16(2)24-25(5)17(19)3)23-20(21-4)22-11-12-26-14-18-9-7-6-8-10-18/h6-10,15H,11-14H2,1-5H3,(H2,21,22,23). The van der Waals surface area contributed by atoms with Gasteiger partial charge in [-0.1, -0.05) is 30.3 Å². The third-order valence-corrected chi connectivity index (χ3v) is 4.43. The van der Waals surface area contributed by atoms with Gasteiger partial charge in [-0.15, -0.1) is 0 Å². The Morgan fingerprint density at radius 3 is 2.62 bits per heavy atom. The second-order valence-corrected chi connectivity index (χ2v) is 6.56. The summed E-state index contributed by atoms with van der Waals surface area (Å²) in [7, 11) is 3.77. The van der Waals surface area contributed by atoms with E-state index in [-0.39, 0.29) is 6.04 Å². The molecule has 142 valence electrons. The Balaban J connectivity index is 1.71. The van der Waals surface area contributed by atoms with Gasteiger partial charge >= 0.3 is 0 Å². The third kappa shape index (κ3) is 5.88. The second-order valence-electron chi connectivity index (χ2n) is 6.56. The Kier molecular flexibility index (Phi) is 7.66. The van der Waals surface area contributed by atoms with Gasteiger partial charge in [-0.2, -0.15) is 5.10 Å². The zero-order chi connectivity index (χ0) is 18.9. The van der Waals surface area contributed by atoms with Crippen LogP contribution in [0.1, 0.15) is 29.4 Å². The van der Waals surface area contributed by atoms with Crippen molar-refractivity contribution in [3.05, 3.63) is 52.8 Å². The summed E-state index contributed by atoms with van der Waals surface area (Å²) in [6, 6.07) is 10.4. The van der Waals surface area contributed by atoms with Gasteiger partial charge in [0.2, 0.25) is 0 Å². The van der Waals surface area contributed by atoms with Crippen LogP contribution in [0.5, 0.6) is 0 Å². The number of nitrogens with one attached hydrogen (secondary N) is 2. The molecule has 1 aromatic carbocycles. The summed E-state index contributed by atoms with van der Waals surface area (Å²) in [5, 5.41) is 11.2. The summed E-state index contributed by atoms with van der Waals surface area (Å²) in [6.07, 6.45) is 0.913. The van der Waals surface area contributed by atoms with Crippen molar-refractivity contribution in [1.29, 1.82) is 0 Å². The lowest BCUT2D eigenvalue weighted by molar-refractivity contribution is 0.125. The highest BCUT2D eigenvalue weighted by Gasteiger charge is 2.13. The number of guanidine groups is 1. The van der Waals surface area contributed by atoms with E-state index in [1.807, 2.05) is 29.9 Å². The van der Waals surface area contributed by atoms with Crippen LogP contribution in [0, 0.1) is 13.8 Å². The lowest BCUT2D eigenvalue weighted by atomic mass is 10.1. The first-order valence-electron chi connectivity index (χ1n) is 9.09. The van der Waals surface area contributed by atoms with Crippen LogP contribution in [-0.4, -0.2) is 42.0 Å². The fourth-order valence-electron chi connectivity index (χ4n) is 2.90. The molecule has 26 heavy (non-hydrogen) atoms. The van der Waals surface area contributed by atoms with Crippen molar-refractivity contribution in [3.63, 3.8) is 0 Å². The van der Waals surface area contributed by atoms with Crippen molar-refractivity contribution >= 4 is 5.96 Å². The maximum absolute atomic E-state index is 5.69. The highest BCUT2D eigenvalue weighted by Crippen LogP contribution is 2.14. The van der Waals surface area contributed by atoms with Crippen LogP contribution < -0.4 is 10.6 Å². The van der Waals surface area contributed by atoms with Gasteiger partial charge in [-0.3, -0.25) is 9.67 Å². The van der Waals surface area contributed by atoms with E-state index in [0.29, 0.717) is 19.8 Å². The molecule has 0 aliphatic heterocycles. The summed E-state index contributed by atoms with van der Waals surface area (Å²) in [5.41, 5.74) is 4.80. The normalized spacial score (nSPS) is 12.9. The Labute approximate surface area is 156 Å². The molecule has 0 spiro atoms. The zero-order valence-electron chi connectivity index (χ0n) is 16.5. The van der Waals surface area contributed by atoms with Gasteiger partial charge in [0.05, 0.1) is 18.9 Å². The second kappa shape index (κ2) is 9.97. The van der Waals surface area contributed by atoms with Gasteiger partial charge in [0.15, 0.2) is 5.96 Å². The molecule has 2 N–H and O–H groups in total. The van der Waals surface area contributed by atoms with E-state index in [2.05, 4.69) is 53.6 Å².